The molecule has 0 aliphatic heterocycles. The van der Waals surface area contributed by atoms with E-state index in [0.29, 0.717) is 24.7 Å². The van der Waals surface area contributed by atoms with Gasteiger partial charge in [-0.2, -0.15) is 0 Å². The van der Waals surface area contributed by atoms with Gasteiger partial charge in [0.1, 0.15) is 0 Å². The maximum Gasteiger partial charge on any atom is 0.262 e. The zero-order valence-corrected chi connectivity index (χ0v) is 18.4. The zero-order chi connectivity index (χ0) is 22.1. The van der Waals surface area contributed by atoms with Crippen LogP contribution in [0.1, 0.15) is 36.6 Å². The molecular weight excluding hydrogens is 388 g/mol. The molecule has 0 saturated heterocycles. The molecule has 0 aliphatic carbocycles. The molecule has 162 valence electrons. The average Bonchev–Trinajstić information content (AvgIpc) is 2.79. The van der Waals surface area contributed by atoms with E-state index in [4.69, 9.17) is 9.47 Å². The molecule has 0 bridgehead atoms. The Balaban J connectivity index is 1.57. The SMILES string of the molecule is CCOc1cc(CNC(C)c2ccccc2)ccc1OCC(=O)Nc1ccc(C)cc1. The molecule has 3 aromatic rings. The molecule has 0 spiro atoms. The monoisotopic (exact) mass is 418 g/mol. The molecule has 31 heavy (non-hydrogen) atoms. The zero-order valence-electron chi connectivity index (χ0n) is 18.4. The van der Waals surface area contributed by atoms with Crippen LogP contribution >= 0.6 is 0 Å². The van der Waals surface area contributed by atoms with Crippen LogP contribution in [0.25, 0.3) is 0 Å². The molecule has 2 N–H and O–H groups in total. The number of ether oxygens (including phenoxy) is 2. The molecule has 1 amide bonds. The van der Waals surface area contributed by atoms with E-state index < -0.39 is 0 Å². The first-order chi connectivity index (χ1) is 15.0. The number of nitrogens with one attached hydrogen (secondary N) is 2. The lowest BCUT2D eigenvalue weighted by Crippen LogP contribution is -2.20. The molecule has 0 fully saturated rings. The van der Waals surface area contributed by atoms with Gasteiger partial charge in [0, 0.05) is 18.3 Å². The van der Waals surface area contributed by atoms with Crippen LogP contribution in [-0.4, -0.2) is 19.1 Å². The number of carbonyl (C=O) groups excluding carboxylic acids is 1. The van der Waals surface area contributed by atoms with Gasteiger partial charge in [-0.15, -0.1) is 0 Å². The van der Waals surface area contributed by atoms with Crippen molar-refractivity contribution >= 4 is 11.6 Å². The summed E-state index contributed by atoms with van der Waals surface area (Å²) in [4.78, 5) is 12.2. The van der Waals surface area contributed by atoms with Crippen molar-refractivity contribution in [2.24, 2.45) is 0 Å². The highest BCUT2D eigenvalue weighted by Gasteiger charge is 2.11. The summed E-state index contributed by atoms with van der Waals surface area (Å²) in [7, 11) is 0. The van der Waals surface area contributed by atoms with E-state index in [1.54, 1.807) is 0 Å². The third kappa shape index (κ3) is 6.86. The lowest BCUT2D eigenvalue weighted by Gasteiger charge is -2.16. The second kappa shape index (κ2) is 11.2. The molecule has 0 saturated carbocycles. The van der Waals surface area contributed by atoms with Crippen molar-refractivity contribution in [1.29, 1.82) is 0 Å². The number of rotatable bonds is 10. The highest BCUT2D eigenvalue weighted by Crippen LogP contribution is 2.29. The van der Waals surface area contributed by atoms with Crippen LogP contribution in [0.15, 0.2) is 72.8 Å². The summed E-state index contributed by atoms with van der Waals surface area (Å²) < 4.78 is 11.5. The van der Waals surface area contributed by atoms with Crippen molar-refractivity contribution in [2.45, 2.75) is 33.4 Å². The van der Waals surface area contributed by atoms with Crippen LogP contribution in [0.3, 0.4) is 0 Å². The lowest BCUT2D eigenvalue weighted by atomic mass is 10.1. The van der Waals surface area contributed by atoms with E-state index in [0.717, 1.165) is 16.8 Å². The van der Waals surface area contributed by atoms with Crippen LogP contribution in [0.2, 0.25) is 0 Å². The van der Waals surface area contributed by atoms with Crippen molar-refractivity contribution in [3.63, 3.8) is 0 Å². The Labute approximate surface area is 184 Å². The molecule has 0 heterocycles. The van der Waals surface area contributed by atoms with Crippen LogP contribution < -0.4 is 20.1 Å². The van der Waals surface area contributed by atoms with Gasteiger partial charge in [-0.05, 0) is 56.2 Å². The van der Waals surface area contributed by atoms with Crippen molar-refractivity contribution in [1.82, 2.24) is 5.32 Å². The summed E-state index contributed by atoms with van der Waals surface area (Å²) in [6.07, 6.45) is 0. The Morgan fingerprint density at radius 3 is 2.39 bits per heavy atom. The van der Waals surface area contributed by atoms with E-state index in [-0.39, 0.29) is 18.6 Å². The smallest absolute Gasteiger partial charge is 0.262 e. The number of hydrogen-bond donors (Lipinski definition) is 2. The van der Waals surface area contributed by atoms with Gasteiger partial charge in [-0.1, -0.05) is 54.1 Å². The third-order valence-corrected chi connectivity index (χ3v) is 4.91. The summed E-state index contributed by atoms with van der Waals surface area (Å²) >= 11 is 0. The molecule has 5 heteroatoms. The summed E-state index contributed by atoms with van der Waals surface area (Å²) in [6.45, 7) is 7.20. The van der Waals surface area contributed by atoms with Gasteiger partial charge in [-0.3, -0.25) is 4.79 Å². The molecule has 0 aliphatic rings. The molecule has 0 radical (unpaired) electrons. The highest BCUT2D eigenvalue weighted by molar-refractivity contribution is 5.91. The van der Waals surface area contributed by atoms with Crippen LogP contribution in [-0.2, 0) is 11.3 Å². The van der Waals surface area contributed by atoms with Gasteiger partial charge in [-0.25, -0.2) is 0 Å². The minimum atomic E-state index is -0.214. The van der Waals surface area contributed by atoms with Crippen molar-refractivity contribution in [3.05, 3.63) is 89.5 Å². The van der Waals surface area contributed by atoms with E-state index >= 15 is 0 Å². The predicted molar refractivity (Wildman–Crippen MR) is 125 cm³/mol. The highest BCUT2D eigenvalue weighted by atomic mass is 16.5. The molecule has 0 aromatic heterocycles. The number of aryl methyl sites for hydroxylation is 1. The number of benzene rings is 3. The summed E-state index contributed by atoms with van der Waals surface area (Å²) in [5.41, 5.74) is 4.22. The topological polar surface area (TPSA) is 59.6 Å². The van der Waals surface area contributed by atoms with Crippen LogP contribution in [0, 0.1) is 6.92 Å². The Kier molecular flexibility index (Phi) is 8.07. The number of anilines is 1. The average molecular weight is 419 g/mol. The van der Waals surface area contributed by atoms with Crippen molar-refractivity contribution < 1.29 is 14.3 Å². The van der Waals surface area contributed by atoms with E-state index in [2.05, 4.69) is 29.7 Å². The lowest BCUT2D eigenvalue weighted by molar-refractivity contribution is -0.118. The standard InChI is InChI=1S/C26H30N2O3/c1-4-30-25-16-21(17-27-20(3)22-8-6-5-7-9-22)12-15-24(25)31-18-26(29)28-23-13-10-19(2)11-14-23/h5-16,20,27H,4,17-18H2,1-3H3,(H,28,29). The van der Waals surface area contributed by atoms with E-state index in [9.17, 15) is 4.79 Å². The van der Waals surface area contributed by atoms with Gasteiger partial charge in [0.2, 0.25) is 0 Å². The fourth-order valence-corrected chi connectivity index (χ4v) is 3.16. The van der Waals surface area contributed by atoms with Crippen molar-refractivity contribution in [2.75, 3.05) is 18.5 Å². The molecule has 1 atom stereocenters. The molecule has 3 aromatic carbocycles. The first-order valence-corrected chi connectivity index (χ1v) is 10.6. The summed E-state index contributed by atoms with van der Waals surface area (Å²) in [6, 6.07) is 24.0. The largest absolute Gasteiger partial charge is 0.490 e. The second-order valence-corrected chi connectivity index (χ2v) is 7.43. The van der Waals surface area contributed by atoms with Crippen LogP contribution in [0.4, 0.5) is 5.69 Å². The first kappa shape index (κ1) is 22.4. The van der Waals surface area contributed by atoms with Crippen LogP contribution in [0.5, 0.6) is 11.5 Å². The molecule has 3 rings (SSSR count). The molecular formula is C26H30N2O3. The second-order valence-electron chi connectivity index (χ2n) is 7.43. The van der Waals surface area contributed by atoms with Gasteiger partial charge in [0.05, 0.1) is 6.61 Å². The van der Waals surface area contributed by atoms with Gasteiger partial charge >= 0.3 is 0 Å². The van der Waals surface area contributed by atoms with Gasteiger partial charge < -0.3 is 20.1 Å². The number of amides is 1. The van der Waals surface area contributed by atoms with Gasteiger partial charge in [0.25, 0.3) is 5.91 Å². The summed E-state index contributed by atoms with van der Waals surface area (Å²) in [5, 5.41) is 6.36. The molecule has 5 nitrogen and oxygen atoms in total. The van der Waals surface area contributed by atoms with Gasteiger partial charge in [0.15, 0.2) is 18.1 Å². The minimum Gasteiger partial charge on any atom is -0.490 e. The fraction of sp³-hybridized carbons (Fsp3) is 0.269. The van der Waals surface area contributed by atoms with E-state index in [1.807, 2.05) is 74.5 Å². The molecule has 1 unspecified atom stereocenters. The Hall–Kier alpha value is -3.31. The Morgan fingerprint density at radius 1 is 0.935 bits per heavy atom. The summed E-state index contributed by atoms with van der Waals surface area (Å²) in [5.74, 6) is 0.979. The maximum atomic E-state index is 12.2. The minimum absolute atomic E-state index is 0.0867. The predicted octanol–water partition coefficient (Wildman–Crippen LogP) is 5.26. The first-order valence-electron chi connectivity index (χ1n) is 10.6. The number of carbonyl (C=O) groups is 1. The Bertz CT molecular complexity index is 972. The normalized spacial score (nSPS) is 11.6. The Morgan fingerprint density at radius 2 is 1.68 bits per heavy atom. The fourth-order valence-electron chi connectivity index (χ4n) is 3.16. The third-order valence-electron chi connectivity index (χ3n) is 4.91. The number of hydrogen-bond acceptors (Lipinski definition) is 4. The quantitative estimate of drug-likeness (QED) is 0.471. The van der Waals surface area contributed by atoms with E-state index in [1.165, 1.54) is 5.56 Å². The maximum absolute atomic E-state index is 12.2. The van der Waals surface area contributed by atoms with Crippen molar-refractivity contribution in [3.8, 4) is 11.5 Å².